The third kappa shape index (κ3) is 5.82. The Morgan fingerprint density at radius 1 is 1.03 bits per heavy atom. The zero-order chi connectivity index (χ0) is 22.1. The summed E-state index contributed by atoms with van der Waals surface area (Å²) < 4.78 is 12.6. The van der Waals surface area contributed by atoms with E-state index in [1.807, 2.05) is 44.2 Å². The Kier molecular flexibility index (Phi) is 7.59. The molecule has 0 aliphatic heterocycles. The van der Waals surface area contributed by atoms with E-state index in [4.69, 9.17) is 9.47 Å². The van der Waals surface area contributed by atoms with Crippen LogP contribution in [0.25, 0.3) is 0 Å². The minimum atomic E-state index is -0.576. The van der Waals surface area contributed by atoms with Crippen molar-refractivity contribution in [3.63, 3.8) is 0 Å². The Balaban J connectivity index is 1.73. The number of carbonyl (C=O) groups excluding carboxylic acids is 1. The molecular weight excluding hydrogens is 394 g/mol. The van der Waals surface area contributed by atoms with Gasteiger partial charge in [0.05, 0.1) is 26.0 Å². The normalized spacial score (nSPS) is 10.8. The number of hydrogen-bond acceptors (Lipinski definition) is 5. The van der Waals surface area contributed by atoms with Crippen LogP contribution in [0.5, 0.6) is 11.5 Å². The van der Waals surface area contributed by atoms with Gasteiger partial charge in [0.25, 0.3) is 11.5 Å². The van der Waals surface area contributed by atoms with Crippen molar-refractivity contribution in [2.75, 3.05) is 13.2 Å². The van der Waals surface area contributed by atoms with E-state index in [0.29, 0.717) is 36.8 Å². The average Bonchev–Trinajstić information content (AvgIpc) is 2.78. The number of aromatic nitrogens is 1. The molecule has 3 rings (SSSR count). The highest BCUT2D eigenvalue weighted by Gasteiger charge is 2.12. The number of ether oxygens (including phenoxy) is 2. The maximum absolute atomic E-state index is 12.7. The highest BCUT2D eigenvalue weighted by Crippen LogP contribution is 2.23. The molecule has 0 fully saturated rings. The number of hydrazone groups is 1. The van der Waals surface area contributed by atoms with E-state index >= 15 is 0 Å². The maximum Gasteiger partial charge on any atom is 0.276 e. The predicted molar refractivity (Wildman–Crippen MR) is 120 cm³/mol. The molecule has 0 saturated heterocycles. The Labute approximate surface area is 180 Å². The molecule has 1 N–H and O–H groups in total. The molecule has 0 saturated carbocycles. The quantitative estimate of drug-likeness (QED) is 0.425. The summed E-state index contributed by atoms with van der Waals surface area (Å²) in [6.45, 7) is 5.20. The summed E-state index contributed by atoms with van der Waals surface area (Å²) >= 11 is 0. The van der Waals surface area contributed by atoms with Crippen molar-refractivity contribution < 1.29 is 14.3 Å². The van der Waals surface area contributed by atoms with Crippen molar-refractivity contribution in [3.8, 4) is 11.5 Å². The van der Waals surface area contributed by atoms with E-state index in [-0.39, 0.29) is 11.1 Å². The second-order valence-corrected chi connectivity index (χ2v) is 6.61. The summed E-state index contributed by atoms with van der Waals surface area (Å²) in [6.07, 6.45) is 3.13. The standard InChI is InChI=1S/C24H25N3O4/c1-3-30-20-13-12-19(22(15-20)31-4-2)16-25-26-23(28)21-11-8-14-27(24(21)29)17-18-9-6-5-7-10-18/h5-16H,3-4,17H2,1-2H3,(H,26,28)/b25-16-. The minimum absolute atomic E-state index is 0.0207. The van der Waals surface area contributed by atoms with Gasteiger partial charge in [-0.25, -0.2) is 5.43 Å². The summed E-state index contributed by atoms with van der Waals surface area (Å²) in [6, 6.07) is 18.1. The van der Waals surface area contributed by atoms with Gasteiger partial charge < -0.3 is 14.0 Å². The van der Waals surface area contributed by atoms with Gasteiger partial charge in [-0.15, -0.1) is 0 Å². The minimum Gasteiger partial charge on any atom is -0.494 e. The molecule has 7 heteroatoms. The van der Waals surface area contributed by atoms with Crippen LogP contribution in [0.15, 0.2) is 76.8 Å². The van der Waals surface area contributed by atoms with Crippen LogP contribution in [0.3, 0.4) is 0 Å². The summed E-state index contributed by atoms with van der Waals surface area (Å²) in [5, 5.41) is 4.00. The van der Waals surface area contributed by atoms with Crippen molar-refractivity contribution in [2.45, 2.75) is 20.4 Å². The predicted octanol–water partition coefficient (Wildman–Crippen LogP) is 3.46. The number of hydrogen-bond donors (Lipinski definition) is 1. The van der Waals surface area contributed by atoms with Crippen LogP contribution in [0.4, 0.5) is 0 Å². The second kappa shape index (κ2) is 10.8. The number of nitrogens with zero attached hydrogens (tertiary/aromatic N) is 2. The SMILES string of the molecule is CCOc1ccc(/C=N\NC(=O)c2cccn(Cc3ccccc3)c2=O)c(OCC)c1. The van der Waals surface area contributed by atoms with Gasteiger partial charge in [0.1, 0.15) is 17.1 Å². The van der Waals surface area contributed by atoms with Gasteiger partial charge in [-0.05, 0) is 43.7 Å². The second-order valence-electron chi connectivity index (χ2n) is 6.61. The Morgan fingerprint density at radius 2 is 1.81 bits per heavy atom. The number of amides is 1. The van der Waals surface area contributed by atoms with Gasteiger partial charge in [0.2, 0.25) is 0 Å². The number of carbonyl (C=O) groups is 1. The molecule has 1 aromatic heterocycles. The van der Waals surface area contributed by atoms with E-state index in [1.165, 1.54) is 16.8 Å². The lowest BCUT2D eigenvalue weighted by Gasteiger charge is -2.10. The molecule has 0 radical (unpaired) electrons. The fourth-order valence-corrected chi connectivity index (χ4v) is 2.99. The first-order valence-electron chi connectivity index (χ1n) is 10.1. The Morgan fingerprint density at radius 3 is 2.55 bits per heavy atom. The Bertz CT molecular complexity index is 1110. The van der Waals surface area contributed by atoms with Crippen molar-refractivity contribution in [1.82, 2.24) is 9.99 Å². The topological polar surface area (TPSA) is 81.9 Å². The van der Waals surface area contributed by atoms with Gasteiger partial charge in [-0.1, -0.05) is 30.3 Å². The van der Waals surface area contributed by atoms with Crippen molar-refractivity contribution in [3.05, 3.63) is 93.9 Å². The summed E-state index contributed by atoms with van der Waals surface area (Å²) in [5.74, 6) is 0.708. The van der Waals surface area contributed by atoms with E-state index in [9.17, 15) is 9.59 Å². The summed E-state index contributed by atoms with van der Waals surface area (Å²) in [5.41, 5.74) is 3.71. The molecular formula is C24H25N3O4. The zero-order valence-corrected chi connectivity index (χ0v) is 17.6. The number of rotatable bonds is 9. The van der Waals surface area contributed by atoms with E-state index in [1.54, 1.807) is 30.5 Å². The van der Waals surface area contributed by atoms with Gasteiger partial charge in [0.15, 0.2) is 0 Å². The van der Waals surface area contributed by atoms with E-state index < -0.39 is 5.91 Å². The summed E-state index contributed by atoms with van der Waals surface area (Å²) in [4.78, 5) is 25.2. The lowest BCUT2D eigenvalue weighted by atomic mass is 10.2. The third-order valence-corrected chi connectivity index (χ3v) is 4.43. The zero-order valence-electron chi connectivity index (χ0n) is 17.6. The van der Waals surface area contributed by atoms with Gasteiger partial charge in [-0.2, -0.15) is 5.10 Å². The first kappa shape index (κ1) is 21.8. The van der Waals surface area contributed by atoms with Crippen LogP contribution in [0.1, 0.15) is 35.3 Å². The molecule has 0 aliphatic rings. The van der Waals surface area contributed by atoms with Crippen LogP contribution >= 0.6 is 0 Å². The van der Waals surface area contributed by atoms with Crippen LogP contribution in [0, 0.1) is 0 Å². The molecule has 1 heterocycles. The van der Waals surface area contributed by atoms with Crippen LogP contribution < -0.4 is 20.5 Å². The van der Waals surface area contributed by atoms with E-state index in [0.717, 1.165) is 5.56 Å². The molecule has 160 valence electrons. The molecule has 0 unspecified atom stereocenters. The molecule has 0 atom stereocenters. The van der Waals surface area contributed by atoms with Crippen molar-refractivity contribution in [1.29, 1.82) is 0 Å². The molecule has 7 nitrogen and oxygen atoms in total. The molecule has 2 aromatic carbocycles. The summed E-state index contributed by atoms with van der Waals surface area (Å²) in [7, 11) is 0. The fraction of sp³-hybridized carbons (Fsp3) is 0.208. The molecule has 0 spiro atoms. The van der Waals surface area contributed by atoms with Gasteiger partial charge in [0, 0.05) is 17.8 Å². The monoisotopic (exact) mass is 419 g/mol. The maximum atomic E-state index is 12.7. The lowest BCUT2D eigenvalue weighted by molar-refractivity contribution is 0.0953. The Hall–Kier alpha value is -3.87. The molecule has 3 aromatic rings. The highest BCUT2D eigenvalue weighted by atomic mass is 16.5. The van der Waals surface area contributed by atoms with Crippen LogP contribution in [-0.4, -0.2) is 29.9 Å². The fourth-order valence-electron chi connectivity index (χ4n) is 2.99. The smallest absolute Gasteiger partial charge is 0.276 e. The molecule has 1 amide bonds. The first-order chi connectivity index (χ1) is 15.1. The third-order valence-electron chi connectivity index (χ3n) is 4.43. The molecule has 0 aliphatic carbocycles. The van der Waals surface area contributed by atoms with Crippen molar-refractivity contribution in [2.24, 2.45) is 5.10 Å². The number of benzene rings is 2. The number of nitrogens with one attached hydrogen (secondary N) is 1. The van der Waals surface area contributed by atoms with Gasteiger partial charge >= 0.3 is 0 Å². The van der Waals surface area contributed by atoms with Crippen LogP contribution in [-0.2, 0) is 6.54 Å². The number of pyridine rings is 1. The average molecular weight is 419 g/mol. The van der Waals surface area contributed by atoms with Gasteiger partial charge in [-0.3, -0.25) is 9.59 Å². The highest BCUT2D eigenvalue weighted by molar-refractivity contribution is 5.94. The first-order valence-corrected chi connectivity index (χ1v) is 10.1. The molecule has 0 bridgehead atoms. The van der Waals surface area contributed by atoms with E-state index in [2.05, 4.69) is 10.5 Å². The molecule has 31 heavy (non-hydrogen) atoms. The lowest BCUT2D eigenvalue weighted by Crippen LogP contribution is -2.30. The largest absolute Gasteiger partial charge is 0.494 e. The van der Waals surface area contributed by atoms with Crippen LogP contribution in [0.2, 0.25) is 0 Å². The van der Waals surface area contributed by atoms with Crippen molar-refractivity contribution >= 4 is 12.1 Å².